The van der Waals surface area contributed by atoms with E-state index in [9.17, 15) is 8.42 Å². The molecular weight excluding hydrogens is 366 g/mol. The summed E-state index contributed by atoms with van der Waals surface area (Å²) in [4.78, 5) is 0.238. The Labute approximate surface area is 158 Å². The van der Waals surface area contributed by atoms with E-state index in [4.69, 9.17) is 11.6 Å². The van der Waals surface area contributed by atoms with Gasteiger partial charge in [-0.15, -0.1) is 0 Å². The number of halogens is 1. The van der Waals surface area contributed by atoms with Crippen LogP contribution in [0.2, 0.25) is 5.02 Å². The molecule has 26 heavy (non-hydrogen) atoms. The van der Waals surface area contributed by atoms with Gasteiger partial charge in [0.2, 0.25) is 0 Å². The Kier molecular flexibility index (Phi) is 4.10. The summed E-state index contributed by atoms with van der Waals surface area (Å²) < 4.78 is 27.8. The summed E-state index contributed by atoms with van der Waals surface area (Å²) in [7, 11) is -3.63. The summed E-state index contributed by atoms with van der Waals surface area (Å²) in [5, 5.41) is 0.653. The van der Waals surface area contributed by atoms with Crippen molar-refractivity contribution >= 4 is 27.2 Å². The van der Waals surface area contributed by atoms with E-state index >= 15 is 0 Å². The van der Waals surface area contributed by atoms with Crippen LogP contribution in [0.4, 0.5) is 0 Å². The molecule has 0 bridgehead atoms. The molecule has 0 amide bonds. The third-order valence-electron chi connectivity index (χ3n) is 4.47. The lowest BCUT2D eigenvalue weighted by Crippen LogP contribution is -2.18. The van der Waals surface area contributed by atoms with Crippen molar-refractivity contribution in [3.63, 3.8) is 0 Å². The maximum Gasteiger partial charge on any atom is 0.261 e. The maximum atomic E-state index is 12.6. The van der Waals surface area contributed by atoms with Crippen LogP contribution in [0.15, 0.2) is 77.8 Å². The molecule has 0 aromatic heterocycles. The minimum atomic E-state index is -3.63. The second kappa shape index (κ2) is 6.31. The molecule has 5 heteroatoms. The first-order chi connectivity index (χ1) is 12.5. The van der Waals surface area contributed by atoms with Gasteiger partial charge in [0.15, 0.2) is 0 Å². The number of nitrogens with one attached hydrogen (secondary N) is 1. The quantitative estimate of drug-likeness (QED) is 0.543. The number of benzene rings is 3. The van der Waals surface area contributed by atoms with Crippen LogP contribution < -0.4 is 4.72 Å². The van der Waals surface area contributed by atoms with Gasteiger partial charge in [-0.05, 0) is 53.4 Å². The Bertz CT molecular complexity index is 1130. The second-order valence-corrected chi connectivity index (χ2v) is 8.38. The lowest BCUT2D eigenvalue weighted by molar-refractivity contribution is 0.590. The molecule has 0 atom stereocenters. The van der Waals surface area contributed by atoms with Gasteiger partial charge in [0.05, 0.1) is 4.90 Å². The molecule has 3 aromatic rings. The van der Waals surface area contributed by atoms with Gasteiger partial charge in [0.1, 0.15) is 0 Å². The summed E-state index contributed by atoms with van der Waals surface area (Å²) in [5.74, 6) is 0. The molecule has 0 aliphatic heterocycles. The first kappa shape index (κ1) is 16.9. The summed E-state index contributed by atoms with van der Waals surface area (Å²) in [6.07, 6.45) is 1.56. The van der Waals surface area contributed by atoms with Crippen LogP contribution in [0, 0.1) is 6.92 Å². The molecule has 0 spiro atoms. The zero-order valence-electron chi connectivity index (χ0n) is 14.0. The van der Waals surface area contributed by atoms with E-state index in [2.05, 4.69) is 4.72 Å². The first-order valence-electron chi connectivity index (χ1n) is 8.14. The zero-order valence-corrected chi connectivity index (χ0v) is 15.6. The van der Waals surface area contributed by atoms with Crippen LogP contribution in [0.5, 0.6) is 0 Å². The van der Waals surface area contributed by atoms with Crippen molar-refractivity contribution in [1.82, 2.24) is 4.72 Å². The molecule has 0 saturated carbocycles. The van der Waals surface area contributed by atoms with Gasteiger partial charge in [-0.25, -0.2) is 8.42 Å². The number of fused-ring (bicyclic) bond motifs is 3. The Hall–Kier alpha value is -2.56. The minimum absolute atomic E-state index is 0.238. The smallest absolute Gasteiger partial charge is 0.261 e. The lowest BCUT2D eigenvalue weighted by Gasteiger charge is -2.07. The van der Waals surface area contributed by atoms with E-state index in [0.29, 0.717) is 5.02 Å². The fourth-order valence-corrected chi connectivity index (χ4v) is 4.23. The lowest BCUT2D eigenvalue weighted by atomic mass is 10.1. The monoisotopic (exact) mass is 381 g/mol. The van der Waals surface area contributed by atoms with Crippen molar-refractivity contribution in [2.45, 2.75) is 11.8 Å². The van der Waals surface area contributed by atoms with Crippen LogP contribution in [-0.4, -0.2) is 8.42 Å². The molecule has 1 aliphatic rings. The van der Waals surface area contributed by atoms with Gasteiger partial charge in [0, 0.05) is 16.8 Å². The molecule has 1 aliphatic carbocycles. The number of hydrogen-bond acceptors (Lipinski definition) is 2. The number of rotatable bonds is 3. The van der Waals surface area contributed by atoms with Crippen LogP contribution >= 0.6 is 11.6 Å². The SMILES string of the molecule is Cc1ccc(S(=O)(=O)N/C=C2\c3ccccc3-c3cc(Cl)ccc32)cc1. The van der Waals surface area contributed by atoms with Gasteiger partial charge in [-0.2, -0.15) is 0 Å². The zero-order chi connectivity index (χ0) is 18.3. The van der Waals surface area contributed by atoms with E-state index in [0.717, 1.165) is 33.4 Å². The van der Waals surface area contributed by atoms with Crippen molar-refractivity contribution in [1.29, 1.82) is 0 Å². The highest BCUT2D eigenvalue weighted by molar-refractivity contribution is 7.89. The van der Waals surface area contributed by atoms with Crippen molar-refractivity contribution in [2.75, 3.05) is 0 Å². The van der Waals surface area contributed by atoms with Gasteiger partial charge < -0.3 is 0 Å². The molecule has 130 valence electrons. The summed E-state index contributed by atoms with van der Waals surface area (Å²) in [6, 6.07) is 20.3. The van der Waals surface area contributed by atoms with Crippen LogP contribution in [0.3, 0.4) is 0 Å². The van der Waals surface area contributed by atoms with Gasteiger partial charge in [-0.3, -0.25) is 4.72 Å². The van der Waals surface area contributed by atoms with Crippen molar-refractivity contribution in [3.8, 4) is 11.1 Å². The Morgan fingerprint density at radius 3 is 2.23 bits per heavy atom. The molecular formula is C21H16ClNO2S. The van der Waals surface area contributed by atoms with Gasteiger partial charge in [-0.1, -0.05) is 59.6 Å². The van der Waals surface area contributed by atoms with Gasteiger partial charge in [0.25, 0.3) is 10.0 Å². The topological polar surface area (TPSA) is 46.2 Å². The third kappa shape index (κ3) is 2.91. The largest absolute Gasteiger partial charge is 0.286 e. The number of sulfonamides is 1. The highest BCUT2D eigenvalue weighted by Gasteiger charge is 2.24. The fraction of sp³-hybridized carbons (Fsp3) is 0.0476. The predicted octanol–water partition coefficient (Wildman–Crippen LogP) is 5.00. The molecule has 0 fully saturated rings. The minimum Gasteiger partial charge on any atom is -0.286 e. The van der Waals surface area contributed by atoms with E-state index in [1.54, 1.807) is 30.5 Å². The first-order valence-corrected chi connectivity index (χ1v) is 10.0. The highest BCUT2D eigenvalue weighted by Crippen LogP contribution is 2.44. The van der Waals surface area contributed by atoms with Crippen LogP contribution in [-0.2, 0) is 10.0 Å². The second-order valence-electron chi connectivity index (χ2n) is 6.23. The number of hydrogen-bond donors (Lipinski definition) is 1. The summed E-state index contributed by atoms with van der Waals surface area (Å²) in [5.41, 5.74) is 5.85. The highest BCUT2D eigenvalue weighted by atomic mass is 35.5. The van der Waals surface area contributed by atoms with Crippen LogP contribution in [0.1, 0.15) is 16.7 Å². The molecule has 3 nitrogen and oxygen atoms in total. The Balaban J connectivity index is 1.77. The molecule has 0 heterocycles. The summed E-state index contributed by atoms with van der Waals surface area (Å²) in [6.45, 7) is 1.92. The van der Waals surface area contributed by atoms with E-state index in [1.165, 1.54) is 0 Å². The summed E-state index contributed by atoms with van der Waals surface area (Å²) >= 11 is 6.15. The van der Waals surface area contributed by atoms with Crippen molar-refractivity contribution in [3.05, 3.63) is 94.6 Å². The standard InChI is InChI=1S/C21H16ClNO2S/c1-14-6-9-16(10-7-14)26(24,25)23-13-21-18-5-3-2-4-17(18)20-12-15(22)8-11-19(20)21/h2-13,23H,1H3/b21-13+. The fourth-order valence-electron chi connectivity index (χ4n) is 3.15. The average molecular weight is 382 g/mol. The molecule has 0 saturated heterocycles. The molecule has 1 N–H and O–H groups in total. The van der Waals surface area contributed by atoms with E-state index in [-0.39, 0.29) is 4.90 Å². The Morgan fingerprint density at radius 2 is 1.50 bits per heavy atom. The molecule has 0 radical (unpaired) electrons. The predicted molar refractivity (Wildman–Crippen MR) is 105 cm³/mol. The molecule has 0 unspecified atom stereocenters. The van der Waals surface area contributed by atoms with Gasteiger partial charge >= 0.3 is 0 Å². The van der Waals surface area contributed by atoms with E-state index < -0.39 is 10.0 Å². The van der Waals surface area contributed by atoms with Crippen LogP contribution in [0.25, 0.3) is 16.7 Å². The Morgan fingerprint density at radius 1 is 0.846 bits per heavy atom. The maximum absolute atomic E-state index is 12.6. The average Bonchev–Trinajstić information content (AvgIpc) is 2.94. The third-order valence-corrected chi connectivity index (χ3v) is 6.02. The molecule has 4 rings (SSSR count). The van der Waals surface area contributed by atoms with E-state index in [1.807, 2.05) is 49.4 Å². The number of aryl methyl sites for hydroxylation is 1. The molecule has 3 aromatic carbocycles. The van der Waals surface area contributed by atoms with Crippen molar-refractivity contribution in [2.24, 2.45) is 0 Å². The normalized spacial score (nSPS) is 14.2. The van der Waals surface area contributed by atoms with Crippen molar-refractivity contribution < 1.29 is 8.42 Å².